The van der Waals surface area contributed by atoms with Crippen LogP contribution >= 0.6 is 0 Å². The highest BCUT2D eigenvalue weighted by Crippen LogP contribution is 2.43. The Balaban J connectivity index is 4.54. The third kappa shape index (κ3) is 2.08. The van der Waals surface area contributed by atoms with Gasteiger partial charge in [0.15, 0.2) is 0 Å². The van der Waals surface area contributed by atoms with Crippen molar-refractivity contribution in [2.75, 3.05) is 0 Å². The van der Waals surface area contributed by atoms with Crippen molar-refractivity contribution in [1.29, 1.82) is 0 Å². The third-order valence-corrected chi connectivity index (χ3v) is 10.9. The van der Waals surface area contributed by atoms with Gasteiger partial charge in [-0.05, 0) is 5.04 Å². The Hall–Kier alpha value is 0.217. The summed E-state index contributed by atoms with van der Waals surface area (Å²) in [6, 6.07) is 4.34. The van der Waals surface area contributed by atoms with Gasteiger partial charge in [0, 0.05) is 0 Å². The fourth-order valence-electron chi connectivity index (χ4n) is 2.34. The van der Waals surface area contributed by atoms with Crippen molar-refractivity contribution < 1.29 is 0 Å². The molecule has 0 aliphatic carbocycles. The van der Waals surface area contributed by atoms with Crippen LogP contribution < -0.4 is 0 Å². The fourth-order valence-corrected chi connectivity index (χ4v) is 7.02. The van der Waals surface area contributed by atoms with E-state index in [-0.39, 0.29) is 0 Å². The van der Waals surface area contributed by atoms with E-state index in [1.807, 2.05) is 0 Å². The first-order valence-electron chi connectivity index (χ1n) is 4.93. The van der Waals surface area contributed by atoms with Crippen LogP contribution in [0.5, 0.6) is 0 Å². The van der Waals surface area contributed by atoms with Crippen LogP contribution in [0.3, 0.4) is 0 Å². The highest BCUT2D eigenvalue weighted by atomic mass is 28.3. The average molecular weight is 172 g/mol. The Morgan fingerprint density at radius 1 is 0.818 bits per heavy atom. The van der Waals surface area contributed by atoms with Gasteiger partial charge in [0.1, 0.15) is 0 Å². The lowest BCUT2D eigenvalue weighted by molar-refractivity contribution is 0.698. The van der Waals surface area contributed by atoms with E-state index < -0.39 is 8.07 Å². The van der Waals surface area contributed by atoms with Gasteiger partial charge in [-0.3, -0.25) is 0 Å². The number of hydrogen-bond donors (Lipinski definition) is 0. The molecule has 0 aliphatic heterocycles. The fraction of sp³-hybridized carbons (Fsp3) is 1.00. The van der Waals surface area contributed by atoms with Crippen molar-refractivity contribution in [2.45, 2.75) is 64.7 Å². The summed E-state index contributed by atoms with van der Waals surface area (Å²) in [5.41, 5.74) is 0. The molecule has 0 aromatic heterocycles. The Labute approximate surface area is 73.4 Å². The van der Waals surface area contributed by atoms with Crippen molar-refractivity contribution >= 4 is 8.07 Å². The van der Waals surface area contributed by atoms with E-state index in [1.165, 1.54) is 18.1 Å². The topological polar surface area (TPSA) is 0 Å². The molecule has 1 heteroatoms. The van der Waals surface area contributed by atoms with E-state index in [9.17, 15) is 0 Å². The molecule has 0 N–H and O–H groups in total. The summed E-state index contributed by atoms with van der Waals surface area (Å²) >= 11 is 0. The quantitative estimate of drug-likeness (QED) is 0.557. The summed E-state index contributed by atoms with van der Waals surface area (Å²) in [6.45, 7) is 14.4. The van der Waals surface area contributed by atoms with Crippen molar-refractivity contribution in [3.05, 3.63) is 0 Å². The van der Waals surface area contributed by atoms with Gasteiger partial charge in [0.2, 0.25) is 0 Å². The maximum atomic E-state index is 2.43. The standard InChI is InChI=1S/C10H24Si/c1-7-11(8-2,9-3)10(4,5)6/h7-9H2,1-6H3. The molecule has 0 bridgehead atoms. The highest BCUT2D eigenvalue weighted by Gasteiger charge is 2.38. The molecular weight excluding hydrogens is 148 g/mol. The lowest BCUT2D eigenvalue weighted by Gasteiger charge is -2.41. The maximum Gasteiger partial charge on any atom is 0.0581 e. The van der Waals surface area contributed by atoms with Crippen LogP contribution in [0, 0.1) is 0 Å². The zero-order valence-corrected chi connectivity index (χ0v) is 10.1. The minimum Gasteiger partial charge on any atom is -0.0678 e. The molecule has 0 atom stereocenters. The van der Waals surface area contributed by atoms with Gasteiger partial charge in [-0.15, -0.1) is 0 Å². The van der Waals surface area contributed by atoms with Gasteiger partial charge in [0.25, 0.3) is 0 Å². The summed E-state index contributed by atoms with van der Waals surface area (Å²) in [6.07, 6.45) is 0. The molecule has 11 heavy (non-hydrogen) atoms. The van der Waals surface area contributed by atoms with Crippen LogP contribution in [0.1, 0.15) is 41.5 Å². The van der Waals surface area contributed by atoms with E-state index in [4.69, 9.17) is 0 Å². The maximum absolute atomic E-state index is 2.43. The molecule has 0 amide bonds. The van der Waals surface area contributed by atoms with Gasteiger partial charge < -0.3 is 0 Å². The first-order valence-corrected chi connectivity index (χ1v) is 7.55. The summed E-state index contributed by atoms with van der Waals surface area (Å²) in [4.78, 5) is 0. The first kappa shape index (κ1) is 11.2. The van der Waals surface area contributed by atoms with Gasteiger partial charge in [-0.25, -0.2) is 0 Å². The second kappa shape index (κ2) is 3.75. The summed E-state index contributed by atoms with van der Waals surface area (Å²) < 4.78 is 0. The molecule has 68 valence electrons. The number of hydrogen-bond acceptors (Lipinski definition) is 0. The highest BCUT2D eigenvalue weighted by molar-refractivity contribution is 6.82. The summed E-state index contributed by atoms with van der Waals surface area (Å²) in [5, 5.41) is 0.602. The molecule has 0 aromatic carbocycles. The van der Waals surface area contributed by atoms with Crippen molar-refractivity contribution in [3.8, 4) is 0 Å². The zero-order valence-electron chi connectivity index (χ0n) is 9.12. The first-order chi connectivity index (χ1) is 4.93. The Kier molecular flexibility index (Phi) is 3.82. The van der Waals surface area contributed by atoms with E-state index in [0.29, 0.717) is 5.04 Å². The minimum absolute atomic E-state index is 0.602. The Morgan fingerprint density at radius 2 is 1.09 bits per heavy atom. The summed E-state index contributed by atoms with van der Waals surface area (Å²) in [5.74, 6) is 0. The molecule has 0 fully saturated rings. The minimum atomic E-state index is -0.919. The normalized spacial score (nSPS) is 13.6. The van der Waals surface area contributed by atoms with Crippen LogP contribution in [0.25, 0.3) is 0 Å². The molecule has 0 aromatic rings. The molecule has 0 aliphatic rings. The van der Waals surface area contributed by atoms with Crippen LogP contribution in [0.2, 0.25) is 23.2 Å². The number of rotatable bonds is 3. The van der Waals surface area contributed by atoms with Crippen LogP contribution in [-0.2, 0) is 0 Å². The second-order valence-corrected chi connectivity index (χ2v) is 10.8. The van der Waals surface area contributed by atoms with Crippen LogP contribution in [0.4, 0.5) is 0 Å². The van der Waals surface area contributed by atoms with Crippen molar-refractivity contribution in [2.24, 2.45) is 0 Å². The van der Waals surface area contributed by atoms with Gasteiger partial charge in [-0.2, -0.15) is 0 Å². The van der Waals surface area contributed by atoms with Crippen LogP contribution in [0.15, 0.2) is 0 Å². The van der Waals surface area contributed by atoms with Gasteiger partial charge >= 0.3 is 0 Å². The van der Waals surface area contributed by atoms with Crippen molar-refractivity contribution in [1.82, 2.24) is 0 Å². The molecule has 0 saturated carbocycles. The molecule has 0 nitrogen and oxygen atoms in total. The molecule has 0 spiro atoms. The molecule has 0 heterocycles. The Bertz CT molecular complexity index is 98.3. The monoisotopic (exact) mass is 172 g/mol. The van der Waals surface area contributed by atoms with E-state index in [2.05, 4.69) is 41.5 Å². The molecular formula is C10H24Si. The largest absolute Gasteiger partial charge is 0.0678 e. The van der Waals surface area contributed by atoms with E-state index >= 15 is 0 Å². The smallest absolute Gasteiger partial charge is 0.0581 e. The third-order valence-electron chi connectivity index (χ3n) is 3.62. The van der Waals surface area contributed by atoms with Crippen LogP contribution in [-0.4, -0.2) is 8.07 Å². The molecule has 0 rings (SSSR count). The van der Waals surface area contributed by atoms with Crippen molar-refractivity contribution in [3.63, 3.8) is 0 Å². The van der Waals surface area contributed by atoms with E-state index in [0.717, 1.165) is 0 Å². The van der Waals surface area contributed by atoms with E-state index in [1.54, 1.807) is 0 Å². The lowest BCUT2D eigenvalue weighted by atomic mass is 10.2. The average Bonchev–Trinajstić information content (AvgIpc) is 1.90. The molecule has 0 unspecified atom stereocenters. The predicted molar refractivity (Wildman–Crippen MR) is 56.9 cm³/mol. The SMILES string of the molecule is CC[Si](CC)(CC)C(C)(C)C. The Morgan fingerprint density at radius 3 is 1.09 bits per heavy atom. The second-order valence-electron chi connectivity index (χ2n) is 4.59. The zero-order chi connectivity index (χ0) is 9.12. The predicted octanol–water partition coefficient (Wildman–Crippen LogP) is 4.30. The van der Waals surface area contributed by atoms with Gasteiger partial charge in [0.05, 0.1) is 8.07 Å². The molecule has 0 radical (unpaired) electrons. The lowest BCUT2D eigenvalue weighted by Crippen LogP contribution is -2.41. The molecule has 0 saturated heterocycles. The van der Waals surface area contributed by atoms with Gasteiger partial charge in [-0.1, -0.05) is 59.7 Å². The summed E-state index contributed by atoms with van der Waals surface area (Å²) in [7, 11) is -0.919.